The summed E-state index contributed by atoms with van der Waals surface area (Å²) in [7, 11) is 0. The Morgan fingerprint density at radius 2 is 1.89 bits per heavy atom. The molecule has 2 nitrogen and oxygen atoms in total. The first-order valence-electron chi connectivity index (χ1n) is 6.66. The fourth-order valence-corrected chi connectivity index (χ4v) is 3.44. The zero-order chi connectivity index (χ0) is 12.8. The fourth-order valence-electron chi connectivity index (χ4n) is 2.55. The summed E-state index contributed by atoms with van der Waals surface area (Å²) in [5.41, 5.74) is 7.10. The smallest absolute Gasteiger partial charge is 0.125 e. The molecule has 0 spiro atoms. The van der Waals surface area contributed by atoms with E-state index in [2.05, 4.69) is 11.2 Å². The molecule has 0 amide bonds. The van der Waals surface area contributed by atoms with Gasteiger partial charge in [-0.05, 0) is 19.1 Å². The molecule has 2 rings (SSSR count). The maximum atomic E-state index is 6.07. The molecular formula is C15H22N2S. The van der Waals surface area contributed by atoms with Gasteiger partial charge in [0.15, 0.2) is 0 Å². The van der Waals surface area contributed by atoms with Crippen molar-refractivity contribution in [1.82, 2.24) is 0 Å². The van der Waals surface area contributed by atoms with Gasteiger partial charge < -0.3 is 5.73 Å². The zero-order valence-corrected chi connectivity index (χ0v) is 11.9. The van der Waals surface area contributed by atoms with Crippen LogP contribution in [-0.2, 0) is 0 Å². The molecule has 98 valence electrons. The zero-order valence-electron chi connectivity index (χ0n) is 11.1. The number of hydrogen-bond acceptors (Lipinski definition) is 2. The third-order valence-electron chi connectivity index (χ3n) is 3.80. The third kappa shape index (κ3) is 3.29. The Bertz CT molecular complexity index is 394. The van der Waals surface area contributed by atoms with E-state index in [1.54, 1.807) is 0 Å². The van der Waals surface area contributed by atoms with Crippen molar-refractivity contribution in [2.24, 2.45) is 10.7 Å². The van der Waals surface area contributed by atoms with Gasteiger partial charge in [-0.25, -0.2) is 0 Å². The van der Waals surface area contributed by atoms with Gasteiger partial charge in [0.2, 0.25) is 0 Å². The Labute approximate surface area is 114 Å². The molecule has 3 heteroatoms. The molecule has 1 fully saturated rings. The van der Waals surface area contributed by atoms with Crippen molar-refractivity contribution >= 4 is 17.6 Å². The lowest BCUT2D eigenvalue weighted by Gasteiger charge is -2.34. The van der Waals surface area contributed by atoms with E-state index in [1.165, 1.54) is 32.1 Å². The molecule has 18 heavy (non-hydrogen) atoms. The molecule has 2 N–H and O–H groups in total. The number of thioether (sulfide) groups is 1. The first-order chi connectivity index (χ1) is 8.76. The number of aliphatic imine (C=N–C) groups is 1. The number of nitrogens with zero attached hydrogens (tertiary/aromatic N) is 1. The Morgan fingerprint density at radius 3 is 2.50 bits per heavy atom. The van der Waals surface area contributed by atoms with Crippen LogP contribution in [0.5, 0.6) is 0 Å². The predicted molar refractivity (Wildman–Crippen MR) is 81.4 cm³/mol. The summed E-state index contributed by atoms with van der Waals surface area (Å²) in [5, 5.41) is 0. The number of hydrogen-bond donors (Lipinski definition) is 1. The van der Waals surface area contributed by atoms with Crippen molar-refractivity contribution in [2.45, 2.75) is 36.9 Å². The molecule has 1 aliphatic carbocycles. The van der Waals surface area contributed by atoms with Crippen LogP contribution in [-0.4, -0.2) is 23.4 Å². The largest absolute Gasteiger partial charge is 0.384 e. The summed E-state index contributed by atoms with van der Waals surface area (Å²) in [5.74, 6) is 0.676. The first kappa shape index (κ1) is 13.5. The van der Waals surface area contributed by atoms with Gasteiger partial charge in [-0.1, -0.05) is 49.6 Å². The van der Waals surface area contributed by atoms with E-state index in [-0.39, 0.29) is 0 Å². The summed E-state index contributed by atoms with van der Waals surface area (Å²) < 4.78 is 0.331. The van der Waals surface area contributed by atoms with Crippen LogP contribution in [0.25, 0.3) is 0 Å². The SMILES string of the molecule is CSC1(CN=C(N)c2ccccc2)CCCCC1. The van der Waals surface area contributed by atoms with Gasteiger partial charge in [-0.2, -0.15) is 11.8 Å². The second-order valence-electron chi connectivity index (χ2n) is 5.02. The van der Waals surface area contributed by atoms with Gasteiger partial charge in [0.1, 0.15) is 5.84 Å². The molecule has 1 aromatic rings. The molecule has 0 atom stereocenters. The molecule has 0 saturated heterocycles. The van der Waals surface area contributed by atoms with Gasteiger partial charge in [0.05, 0.1) is 6.54 Å². The predicted octanol–water partition coefficient (Wildman–Crippen LogP) is 3.46. The van der Waals surface area contributed by atoms with Crippen molar-refractivity contribution in [3.63, 3.8) is 0 Å². The molecule has 0 aliphatic heterocycles. The summed E-state index contributed by atoms with van der Waals surface area (Å²) in [4.78, 5) is 4.63. The lowest BCUT2D eigenvalue weighted by atomic mass is 9.88. The van der Waals surface area contributed by atoms with Gasteiger partial charge in [-0.3, -0.25) is 4.99 Å². The Balaban J connectivity index is 2.04. The summed E-state index contributed by atoms with van der Waals surface area (Å²) in [6, 6.07) is 10.0. The molecule has 1 aromatic carbocycles. The molecule has 0 heterocycles. The van der Waals surface area contributed by atoms with Crippen LogP contribution in [0.2, 0.25) is 0 Å². The van der Waals surface area contributed by atoms with Crippen molar-refractivity contribution < 1.29 is 0 Å². The molecule has 1 saturated carbocycles. The lowest BCUT2D eigenvalue weighted by Crippen LogP contribution is -2.32. The van der Waals surface area contributed by atoms with Gasteiger partial charge in [0.25, 0.3) is 0 Å². The summed E-state index contributed by atoms with van der Waals surface area (Å²) in [6.45, 7) is 0.856. The molecule has 0 bridgehead atoms. The van der Waals surface area contributed by atoms with Crippen LogP contribution in [0, 0.1) is 0 Å². The lowest BCUT2D eigenvalue weighted by molar-refractivity contribution is 0.405. The van der Waals surface area contributed by atoms with E-state index in [4.69, 9.17) is 5.73 Å². The molecule has 1 aliphatic rings. The van der Waals surface area contributed by atoms with Crippen LogP contribution in [0.3, 0.4) is 0 Å². The van der Waals surface area contributed by atoms with E-state index in [9.17, 15) is 0 Å². The Hall–Kier alpha value is -0.960. The minimum atomic E-state index is 0.331. The number of nitrogens with two attached hydrogens (primary N) is 1. The van der Waals surface area contributed by atoms with E-state index in [1.807, 2.05) is 42.1 Å². The van der Waals surface area contributed by atoms with Crippen molar-refractivity contribution in [1.29, 1.82) is 0 Å². The molecular weight excluding hydrogens is 240 g/mol. The molecule has 0 aromatic heterocycles. The highest BCUT2D eigenvalue weighted by Crippen LogP contribution is 2.38. The average molecular weight is 262 g/mol. The summed E-state index contributed by atoms with van der Waals surface area (Å²) >= 11 is 1.97. The second kappa shape index (κ2) is 6.28. The fraction of sp³-hybridized carbons (Fsp3) is 0.533. The van der Waals surface area contributed by atoms with Crippen molar-refractivity contribution in [3.8, 4) is 0 Å². The van der Waals surface area contributed by atoms with Gasteiger partial charge >= 0.3 is 0 Å². The number of amidine groups is 1. The van der Waals surface area contributed by atoms with E-state index in [0.717, 1.165) is 12.1 Å². The van der Waals surface area contributed by atoms with E-state index in [0.29, 0.717) is 10.6 Å². The minimum absolute atomic E-state index is 0.331. The van der Waals surface area contributed by atoms with Crippen molar-refractivity contribution in [3.05, 3.63) is 35.9 Å². The number of rotatable bonds is 4. The Kier molecular flexibility index (Phi) is 4.70. The van der Waals surface area contributed by atoms with Crippen LogP contribution in [0.15, 0.2) is 35.3 Å². The highest BCUT2D eigenvalue weighted by Gasteiger charge is 2.30. The molecule has 0 unspecified atom stereocenters. The standard InChI is InChI=1S/C15H22N2S/c1-18-15(10-6-3-7-11-15)12-17-14(16)13-8-4-2-5-9-13/h2,4-5,8-9H,3,6-7,10-12H2,1H3,(H2,16,17). The maximum absolute atomic E-state index is 6.07. The maximum Gasteiger partial charge on any atom is 0.125 e. The van der Waals surface area contributed by atoms with E-state index >= 15 is 0 Å². The number of benzene rings is 1. The highest BCUT2D eigenvalue weighted by atomic mass is 32.2. The third-order valence-corrected chi connectivity index (χ3v) is 5.21. The minimum Gasteiger partial charge on any atom is -0.384 e. The van der Waals surface area contributed by atoms with Crippen LogP contribution >= 0.6 is 11.8 Å². The van der Waals surface area contributed by atoms with Gasteiger partial charge in [-0.15, -0.1) is 0 Å². The van der Waals surface area contributed by atoms with Crippen molar-refractivity contribution in [2.75, 3.05) is 12.8 Å². The summed E-state index contributed by atoms with van der Waals surface area (Å²) in [6.07, 6.45) is 8.81. The second-order valence-corrected chi connectivity index (χ2v) is 6.29. The van der Waals surface area contributed by atoms with Crippen LogP contribution < -0.4 is 5.73 Å². The molecule has 0 radical (unpaired) electrons. The Morgan fingerprint density at radius 1 is 1.22 bits per heavy atom. The first-order valence-corrected chi connectivity index (χ1v) is 7.89. The van der Waals surface area contributed by atoms with Gasteiger partial charge in [0, 0.05) is 10.3 Å². The highest BCUT2D eigenvalue weighted by molar-refractivity contribution is 8.00. The average Bonchev–Trinajstić information content (AvgIpc) is 2.47. The van der Waals surface area contributed by atoms with Crippen LogP contribution in [0.1, 0.15) is 37.7 Å². The quantitative estimate of drug-likeness (QED) is 0.666. The topological polar surface area (TPSA) is 38.4 Å². The van der Waals surface area contributed by atoms with Crippen LogP contribution in [0.4, 0.5) is 0 Å². The normalized spacial score (nSPS) is 19.7. The van der Waals surface area contributed by atoms with E-state index < -0.39 is 0 Å². The monoisotopic (exact) mass is 262 g/mol.